The molecule has 0 saturated carbocycles. The largest absolute Gasteiger partial charge is 0.472 e. The van der Waals surface area contributed by atoms with Gasteiger partial charge in [-0.25, -0.2) is 4.57 Å². The standard InChI is InChI=1S/C41H70NO8P/c1-3-5-7-9-11-13-15-16-17-18-19-20-21-22-24-26-28-30-32-34-41(44)50-39(38-49-51(45,46)48-36-35-42)37-47-40(43)33-31-29-27-25-23-14-12-10-8-6-4-2/h5,7,10-13,16-17,19-20,22,24,39H,3-4,6,8-9,14-15,18,21,23,25-38,42H2,1-2H3,(H,45,46)/b7-5-,12-10-,13-11-,17-16-,20-19-,24-22-. The first-order valence-electron chi connectivity index (χ1n) is 19.4. The molecule has 2 atom stereocenters. The molecule has 0 saturated heterocycles. The highest BCUT2D eigenvalue weighted by Gasteiger charge is 2.25. The fourth-order valence-electron chi connectivity index (χ4n) is 4.70. The molecule has 0 spiro atoms. The smallest absolute Gasteiger partial charge is 0.462 e. The van der Waals surface area contributed by atoms with Crippen molar-refractivity contribution >= 4 is 19.8 Å². The van der Waals surface area contributed by atoms with E-state index in [1.807, 2.05) is 0 Å². The maximum absolute atomic E-state index is 12.5. The molecule has 0 aliphatic heterocycles. The van der Waals surface area contributed by atoms with Crippen molar-refractivity contribution < 1.29 is 37.6 Å². The zero-order valence-electron chi connectivity index (χ0n) is 31.8. The van der Waals surface area contributed by atoms with Gasteiger partial charge in [-0.2, -0.15) is 0 Å². The molecule has 0 aromatic rings. The number of hydrogen-bond acceptors (Lipinski definition) is 8. The van der Waals surface area contributed by atoms with Crippen LogP contribution >= 0.6 is 7.82 Å². The summed E-state index contributed by atoms with van der Waals surface area (Å²) in [6, 6.07) is 0. The van der Waals surface area contributed by atoms with Crippen molar-refractivity contribution in [3.8, 4) is 0 Å². The minimum Gasteiger partial charge on any atom is -0.462 e. The van der Waals surface area contributed by atoms with Gasteiger partial charge in [-0.1, -0.05) is 125 Å². The molecule has 3 N–H and O–H groups in total. The Bertz CT molecular complexity index is 1070. The topological polar surface area (TPSA) is 134 Å². The molecule has 51 heavy (non-hydrogen) atoms. The van der Waals surface area contributed by atoms with Crippen LogP contribution in [-0.2, 0) is 32.7 Å². The fraction of sp³-hybridized carbons (Fsp3) is 0.659. The fourth-order valence-corrected chi connectivity index (χ4v) is 5.46. The summed E-state index contributed by atoms with van der Waals surface area (Å²) in [6.45, 7) is 3.50. The number of phosphoric acid groups is 1. The number of hydrogen-bond donors (Lipinski definition) is 2. The van der Waals surface area contributed by atoms with Gasteiger partial charge in [0.1, 0.15) is 6.61 Å². The number of ether oxygens (including phenoxy) is 2. The van der Waals surface area contributed by atoms with Crippen LogP contribution in [-0.4, -0.2) is 49.3 Å². The van der Waals surface area contributed by atoms with Crippen molar-refractivity contribution in [1.29, 1.82) is 0 Å². The molecule has 9 nitrogen and oxygen atoms in total. The number of unbranched alkanes of at least 4 members (excludes halogenated alkanes) is 10. The average molecular weight is 736 g/mol. The Morgan fingerprint density at radius 2 is 1.08 bits per heavy atom. The van der Waals surface area contributed by atoms with Gasteiger partial charge in [0.05, 0.1) is 13.2 Å². The van der Waals surface area contributed by atoms with E-state index in [1.54, 1.807) is 0 Å². The van der Waals surface area contributed by atoms with Crippen LogP contribution in [0.3, 0.4) is 0 Å². The van der Waals surface area contributed by atoms with Crippen molar-refractivity contribution in [2.45, 2.75) is 148 Å². The van der Waals surface area contributed by atoms with Crippen molar-refractivity contribution in [1.82, 2.24) is 0 Å². The molecule has 0 aliphatic rings. The molecular formula is C41H70NO8P. The quantitative estimate of drug-likeness (QED) is 0.0282. The summed E-state index contributed by atoms with van der Waals surface area (Å²) in [5.41, 5.74) is 5.33. The molecule has 0 bridgehead atoms. The number of carbonyl (C=O) groups excluding carboxylic acids is 2. The average Bonchev–Trinajstić information content (AvgIpc) is 3.11. The normalized spacial score (nSPS) is 14.2. The van der Waals surface area contributed by atoms with Crippen LogP contribution in [0.1, 0.15) is 142 Å². The second-order valence-electron chi connectivity index (χ2n) is 12.4. The van der Waals surface area contributed by atoms with Crippen molar-refractivity contribution in [2.75, 3.05) is 26.4 Å². The molecular weight excluding hydrogens is 665 g/mol. The van der Waals surface area contributed by atoms with E-state index in [-0.39, 0.29) is 32.6 Å². The van der Waals surface area contributed by atoms with Crippen molar-refractivity contribution in [3.63, 3.8) is 0 Å². The van der Waals surface area contributed by atoms with Gasteiger partial charge >= 0.3 is 19.8 Å². The van der Waals surface area contributed by atoms with Gasteiger partial charge in [-0.15, -0.1) is 0 Å². The molecule has 0 heterocycles. The zero-order chi connectivity index (χ0) is 37.5. The zero-order valence-corrected chi connectivity index (χ0v) is 32.7. The summed E-state index contributed by atoms with van der Waals surface area (Å²) in [5, 5.41) is 0. The summed E-state index contributed by atoms with van der Waals surface area (Å²) in [5.74, 6) is -0.887. The van der Waals surface area contributed by atoms with Gasteiger partial charge in [-0.3, -0.25) is 18.6 Å². The van der Waals surface area contributed by atoms with E-state index in [1.165, 1.54) is 12.8 Å². The van der Waals surface area contributed by atoms with Gasteiger partial charge in [-0.05, 0) is 77.0 Å². The molecule has 0 aliphatic carbocycles. The lowest BCUT2D eigenvalue weighted by atomic mass is 10.1. The highest BCUT2D eigenvalue weighted by Crippen LogP contribution is 2.43. The van der Waals surface area contributed by atoms with Crippen LogP contribution in [0.4, 0.5) is 0 Å². The Morgan fingerprint density at radius 1 is 0.608 bits per heavy atom. The third kappa shape index (κ3) is 37.0. The summed E-state index contributed by atoms with van der Waals surface area (Å²) in [7, 11) is -4.39. The number of allylic oxidation sites excluding steroid dienone is 12. The lowest BCUT2D eigenvalue weighted by molar-refractivity contribution is -0.161. The van der Waals surface area contributed by atoms with E-state index in [2.05, 4.69) is 86.8 Å². The molecule has 0 aromatic heterocycles. The highest BCUT2D eigenvalue weighted by molar-refractivity contribution is 7.47. The second kappa shape index (κ2) is 37.2. The van der Waals surface area contributed by atoms with Gasteiger partial charge < -0.3 is 20.1 Å². The Morgan fingerprint density at radius 3 is 1.65 bits per heavy atom. The van der Waals surface area contributed by atoms with E-state index in [4.69, 9.17) is 24.3 Å². The van der Waals surface area contributed by atoms with Crippen molar-refractivity contribution in [3.05, 3.63) is 72.9 Å². The van der Waals surface area contributed by atoms with Crippen LogP contribution in [0.2, 0.25) is 0 Å². The maximum atomic E-state index is 12.5. The van der Waals surface area contributed by atoms with E-state index in [0.717, 1.165) is 89.9 Å². The van der Waals surface area contributed by atoms with E-state index in [9.17, 15) is 19.0 Å². The summed E-state index contributed by atoms with van der Waals surface area (Å²) in [6.07, 6.45) is 43.6. The van der Waals surface area contributed by atoms with Gasteiger partial charge in [0.15, 0.2) is 6.10 Å². The number of nitrogens with two attached hydrogens (primary N) is 1. The first-order chi connectivity index (χ1) is 24.8. The van der Waals surface area contributed by atoms with Crippen LogP contribution < -0.4 is 5.73 Å². The molecule has 0 rings (SSSR count). The number of phosphoric ester groups is 1. The molecule has 0 radical (unpaired) electrons. The van der Waals surface area contributed by atoms with Crippen LogP contribution in [0.15, 0.2) is 72.9 Å². The monoisotopic (exact) mass is 735 g/mol. The van der Waals surface area contributed by atoms with Crippen LogP contribution in [0.5, 0.6) is 0 Å². The first kappa shape index (κ1) is 48.5. The Kier molecular flexibility index (Phi) is 35.4. The second-order valence-corrected chi connectivity index (χ2v) is 13.9. The lowest BCUT2D eigenvalue weighted by Gasteiger charge is -2.19. The Labute approximate surface area is 310 Å². The molecule has 2 unspecified atom stereocenters. The molecule has 0 amide bonds. The molecule has 0 fully saturated rings. The van der Waals surface area contributed by atoms with Crippen LogP contribution in [0.25, 0.3) is 0 Å². The van der Waals surface area contributed by atoms with Crippen molar-refractivity contribution in [2.24, 2.45) is 5.73 Å². The minimum absolute atomic E-state index is 0.0428. The summed E-state index contributed by atoms with van der Waals surface area (Å²) < 4.78 is 32.6. The molecule has 10 heteroatoms. The van der Waals surface area contributed by atoms with E-state index in [0.29, 0.717) is 12.8 Å². The number of rotatable bonds is 35. The Balaban J connectivity index is 4.30. The van der Waals surface area contributed by atoms with Gasteiger partial charge in [0.25, 0.3) is 0 Å². The highest BCUT2D eigenvalue weighted by atomic mass is 31.2. The van der Waals surface area contributed by atoms with E-state index < -0.39 is 32.5 Å². The SMILES string of the molecule is CC/C=C\C/C=C\C/C=C\C/C=C\C/C=C\CCCCCC(=O)OC(COC(=O)CCCCCCC/C=C\CCCC)COP(=O)(O)OCCN. The lowest BCUT2D eigenvalue weighted by Crippen LogP contribution is -2.29. The van der Waals surface area contributed by atoms with Gasteiger partial charge in [0.2, 0.25) is 0 Å². The number of carbonyl (C=O) groups is 2. The predicted octanol–water partition coefficient (Wildman–Crippen LogP) is 10.7. The summed E-state index contributed by atoms with van der Waals surface area (Å²) >= 11 is 0. The third-order valence-corrected chi connectivity index (χ3v) is 8.56. The van der Waals surface area contributed by atoms with E-state index >= 15 is 0 Å². The minimum atomic E-state index is -4.39. The third-order valence-electron chi connectivity index (χ3n) is 7.58. The van der Waals surface area contributed by atoms with Crippen LogP contribution in [0, 0.1) is 0 Å². The summed E-state index contributed by atoms with van der Waals surface area (Å²) in [4.78, 5) is 34.7. The number of esters is 2. The Hall–Kier alpha value is -2.55. The predicted molar refractivity (Wildman–Crippen MR) is 210 cm³/mol. The van der Waals surface area contributed by atoms with Gasteiger partial charge in [0, 0.05) is 19.4 Å². The molecule has 292 valence electrons. The molecule has 0 aromatic carbocycles. The maximum Gasteiger partial charge on any atom is 0.472 e. The first-order valence-corrected chi connectivity index (χ1v) is 20.9.